The molecule has 1 aliphatic heterocycles. The van der Waals surface area contributed by atoms with E-state index in [0.29, 0.717) is 13.1 Å². The Morgan fingerprint density at radius 3 is 2.73 bits per heavy atom. The highest BCUT2D eigenvalue weighted by Gasteiger charge is 2.29. The molecule has 0 radical (unpaired) electrons. The van der Waals surface area contributed by atoms with Gasteiger partial charge in [0, 0.05) is 37.3 Å². The van der Waals surface area contributed by atoms with Gasteiger partial charge in [-0.3, -0.25) is 9.45 Å². The molecule has 0 bridgehead atoms. The van der Waals surface area contributed by atoms with Crippen LogP contribution in [0.25, 0.3) is 5.69 Å². The van der Waals surface area contributed by atoms with Crippen molar-refractivity contribution in [3.05, 3.63) is 83.7 Å². The highest BCUT2D eigenvalue weighted by atomic mass is 32.2. The fourth-order valence-electron chi connectivity index (χ4n) is 4.03. The maximum Gasteiger partial charge on any atom is 0.232 e. The number of hydrogen-bond acceptors (Lipinski definition) is 4. The quantitative estimate of drug-likeness (QED) is 0.505. The lowest BCUT2D eigenvalue weighted by Gasteiger charge is -2.36. The minimum atomic E-state index is -2.03. The van der Waals surface area contributed by atoms with Gasteiger partial charge in [0.2, 0.25) is 11.3 Å². The lowest BCUT2D eigenvalue weighted by Crippen LogP contribution is -2.42. The molecule has 0 amide bonds. The Morgan fingerprint density at radius 1 is 1.13 bits per heavy atom. The summed E-state index contributed by atoms with van der Waals surface area (Å²) in [6.07, 6.45) is 4.32. The van der Waals surface area contributed by atoms with E-state index in [9.17, 15) is 9.32 Å². The van der Waals surface area contributed by atoms with Crippen LogP contribution in [0.15, 0.2) is 67.0 Å². The van der Waals surface area contributed by atoms with Gasteiger partial charge in [-0.15, -0.1) is 0 Å². The normalized spacial score (nSPS) is 20.9. The summed E-state index contributed by atoms with van der Waals surface area (Å²) in [5.74, 6) is 0.0628. The van der Waals surface area contributed by atoms with E-state index in [2.05, 4.69) is 14.7 Å². The van der Waals surface area contributed by atoms with Gasteiger partial charge in [-0.1, -0.05) is 42.5 Å². The fraction of sp³-hybridized carbons (Fsp3) is 0.318. The van der Waals surface area contributed by atoms with Crippen LogP contribution in [0.1, 0.15) is 29.0 Å². The van der Waals surface area contributed by atoms with Gasteiger partial charge in [0.05, 0.1) is 18.0 Å². The first-order valence-corrected chi connectivity index (χ1v) is 11.1. The molecule has 0 saturated carbocycles. The van der Waals surface area contributed by atoms with Crippen LogP contribution >= 0.6 is 0 Å². The lowest BCUT2D eigenvalue weighted by molar-refractivity contribution is 0.0476. The predicted molar refractivity (Wildman–Crippen MR) is 116 cm³/mol. The van der Waals surface area contributed by atoms with Gasteiger partial charge in [-0.25, -0.2) is 13.6 Å². The molecule has 4 rings (SSSR count). The molecule has 3 N–H and O–H groups in total. The number of likely N-dealkylation sites (tertiary alicyclic amines) is 1. The van der Waals surface area contributed by atoms with Crippen LogP contribution in [-0.4, -0.2) is 47.7 Å². The van der Waals surface area contributed by atoms with Crippen molar-refractivity contribution in [3.8, 4) is 5.69 Å². The molecule has 7 nitrogen and oxygen atoms in total. The molecule has 1 fully saturated rings. The Kier molecular flexibility index (Phi) is 6.71. The summed E-state index contributed by atoms with van der Waals surface area (Å²) < 4.78 is 24.1. The van der Waals surface area contributed by atoms with E-state index in [-0.39, 0.29) is 5.92 Å². The van der Waals surface area contributed by atoms with Crippen LogP contribution in [0.3, 0.4) is 0 Å². The molecule has 8 heteroatoms. The van der Waals surface area contributed by atoms with E-state index >= 15 is 0 Å². The van der Waals surface area contributed by atoms with Crippen molar-refractivity contribution in [1.29, 1.82) is 0 Å². The summed E-state index contributed by atoms with van der Waals surface area (Å²) in [5.41, 5.74) is 4.15. The van der Waals surface area contributed by atoms with Crippen molar-refractivity contribution in [3.63, 3.8) is 0 Å². The average Bonchev–Trinajstić information content (AvgIpc) is 3.22. The van der Waals surface area contributed by atoms with E-state index in [4.69, 9.17) is 4.55 Å². The maximum atomic E-state index is 10.8. The molecule has 1 saturated heterocycles. The number of aromatic nitrogens is 2. The minimum Gasteiger partial charge on any atom is -0.391 e. The van der Waals surface area contributed by atoms with Crippen molar-refractivity contribution in [1.82, 2.24) is 19.4 Å². The van der Waals surface area contributed by atoms with Gasteiger partial charge in [-0.05, 0) is 36.2 Å². The molecule has 3 aromatic rings. The van der Waals surface area contributed by atoms with Crippen LogP contribution in [0, 0.1) is 0 Å². The summed E-state index contributed by atoms with van der Waals surface area (Å²) in [7, 11) is 0. The van der Waals surface area contributed by atoms with Crippen LogP contribution in [0.5, 0.6) is 0 Å². The van der Waals surface area contributed by atoms with E-state index in [1.807, 2.05) is 71.7 Å². The zero-order valence-electron chi connectivity index (χ0n) is 16.6. The molecule has 2 heterocycles. The second kappa shape index (κ2) is 9.63. The third kappa shape index (κ3) is 5.21. The third-order valence-corrected chi connectivity index (χ3v) is 5.90. The molecule has 0 aliphatic carbocycles. The van der Waals surface area contributed by atoms with Crippen LogP contribution in [-0.2, 0) is 24.4 Å². The number of aliphatic hydroxyl groups excluding tert-OH is 1. The largest absolute Gasteiger partial charge is 0.391 e. The number of hydrogen-bond donors (Lipinski definition) is 3. The van der Waals surface area contributed by atoms with Crippen LogP contribution in [0.2, 0.25) is 0 Å². The summed E-state index contributed by atoms with van der Waals surface area (Å²) in [6, 6.07) is 17.9. The zero-order valence-corrected chi connectivity index (χ0v) is 17.4. The topological polar surface area (TPSA) is 90.6 Å². The van der Waals surface area contributed by atoms with Gasteiger partial charge in [-0.2, -0.15) is 5.10 Å². The molecule has 2 aromatic carbocycles. The van der Waals surface area contributed by atoms with Crippen molar-refractivity contribution < 1.29 is 13.9 Å². The Hall–Kier alpha value is -2.36. The van der Waals surface area contributed by atoms with E-state index < -0.39 is 17.4 Å². The average molecular weight is 427 g/mol. The van der Waals surface area contributed by atoms with Gasteiger partial charge in [0.1, 0.15) is 0 Å². The van der Waals surface area contributed by atoms with Crippen molar-refractivity contribution >= 4 is 11.3 Å². The molecule has 3 atom stereocenters. The monoisotopic (exact) mass is 426 g/mol. The Labute approximate surface area is 178 Å². The first-order chi connectivity index (χ1) is 14.6. The summed E-state index contributed by atoms with van der Waals surface area (Å²) >= 11 is -2.03. The smallest absolute Gasteiger partial charge is 0.232 e. The second-order valence-electron chi connectivity index (χ2n) is 7.64. The van der Waals surface area contributed by atoms with Gasteiger partial charge in [0.25, 0.3) is 0 Å². The fourth-order valence-corrected chi connectivity index (χ4v) is 4.32. The molecule has 30 heavy (non-hydrogen) atoms. The first-order valence-electron chi connectivity index (χ1n) is 10.0. The van der Waals surface area contributed by atoms with Crippen LogP contribution in [0.4, 0.5) is 0 Å². The highest BCUT2D eigenvalue weighted by Crippen LogP contribution is 2.29. The minimum absolute atomic E-state index is 0.0628. The van der Waals surface area contributed by atoms with Gasteiger partial charge in [0.15, 0.2) is 0 Å². The number of piperidine rings is 1. The Balaban J connectivity index is 1.36. The SMILES string of the molecule is O=S(O)NCc1cccc([C@@H]2CCN(Cc3cnn(-c4ccccc4)c3)C[C@@H]2O)c1. The molecule has 1 unspecified atom stereocenters. The third-order valence-electron chi connectivity index (χ3n) is 5.51. The zero-order chi connectivity index (χ0) is 20.9. The van der Waals surface area contributed by atoms with Crippen molar-refractivity contribution in [2.75, 3.05) is 13.1 Å². The van der Waals surface area contributed by atoms with Crippen molar-refractivity contribution in [2.24, 2.45) is 0 Å². The summed E-state index contributed by atoms with van der Waals surface area (Å²) in [6.45, 7) is 2.56. The van der Waals surface area contributed by atoms with Crippen LogP contribution < -0.4 is 4.72 Å². The summed E-state index contributed by atoms with van der Waals surface area (Å²) in [4.78, 5) is 2.26. The number of para-hydroxylation sites is 1. The number of benzene rings is 2. The predicted octanol–water partition coefficient (Wildman–Crippen LogP) is 2.45. The molecular weight excluding hydrogens is 400 g/mol. The number of aliphatic hydroxyl groups is 1. The number of nitrogens with zero attached hydrogens (tertiary/aromatic N) is 3. The molecule has 158 valence electrons. The van der Waals surface area contributed by atoms with E-state index in [0.717, 1.165) is 41.9 Å². The van der Waals surface area contributed by atoms with Gasteiger partial charge >= 0.3 is 0 Å². The number of nitrogens with one attached hydrogen (secondary N) is 1. The van der Waals surface area contributed by atoms with E-state index in [1.165, 1.54) is 0 Å². The standard InChI is InChI=1S/C22H26N4O3S/c27-22-16-25(14-18-12-23-26(15-18)20-7-2-1-3-8-20)10-9-21(22)19-6-4-5-17(11-19)13-24-30(28)29/h1-8,11-12,15,21-22,24,27H,9-10,13-14,16H2,(H,28,29)/t21-,22-/m0/s1. The molecule has 1 aromatic heterocycles. The molecular formula is C22H26N4O3S. The number of rotatable bonds is 7. The first kappa shape index (κ1) is 20.9. The number of β-amino-alcohol motifs (C(OH)–C–C–N with tert-alkyl or cyclic N) is 1. The van der Waals surface area contributed by atoms with E-state index in [1.54, 1.807) is 0 Å². The Bertz CT molecular complexity index is 995. The summed E-state index contributed by atoms with van der Waals surface area (Å²) in [5, 5.41) is 15.3. The second-order valence-corrected chi connectivity index (χ2v) is 8.43. The molecule has 0 spiro atoms. The highest BCUT2D eigenvalue weighted by molar-refractivity contribution is 7.77. The van der Waals surface area contributed by atoms with Gasteiger partial charge < -0.3 is 5.11 Å². The molecule has 1 aliphatic rings. The maximum absolute atomic E-state index is 10.8. The Morgan fingerprint density at radius 2 is 1.97 bits per heavy atom. The van der Waals surface area contributed by atoms with Crippen molar-refractivity contribution in [2.45, 2.75) is 31.5 Å². The lowest BCUT2D eigenvalue weighted by atomic mass is 9.86.